The molecule has 1 aromatic carbocycles. The number of rotatable bonds is 7. The minimum Gasteiger partial charge on any atom is -0.487 e. The number of hydrogen-bond acceptors (Lipinski definition) is 7. The Bertz CT molecular complexity index is 893. The van der Waals surface area contributed by atoms with E-state index in [1.165, 1.54) is 5.57 Å². The van der Waals surface area contributed by atoms with Gasteiger partial charge in [0.25, 0.3) is 0 Å². The van der Waals surface area contributed by atoms with Crippen molar-refractivity contribution in [1.82, 2.24) is 0 Å². The lowest BCUT2D eigenvalue weighted by molar-refractivity contribution is -0.277. The van der Waals surface area contributed by atoms with Crippen LogP contribution in [0.25, 0.3) is 0 Å². The average molecular weight is 477 g/mol. The number of ether oxygens (including phenoxy) is 3. The molecule has 1 aliphatic carbocycles. The van der Waals surface area contributed by atoms with Gasteiger partial charge in [-0.15, -0.1) is 0 Å². The van der Waals surface area contributed by atoms with E-state index >= 15 is 0 Å². The fourth-order valence-electron chi connectivity index (χ4n) is 5.67. The van der Waals surface area contributed by atoms with Crippen LogP contribution in [0, 0.1) is 5.92 Å². The average Bonchev–Trinajstić information content (AvgIpc) is 2.78. The van der Waals surface area contributed by atoms with E-state index < -0.39 is 37.3 Å². The maximum Gasteiger partial charge on any atom is 0.229 e. The number of benzene rings is 1. The predicted molar refractivity (Wildman–Crippen MR) is 128 cm³/mol. The van der Waals surface area contributed by atoms with Crippen molar-refractivity contribution < 1.29 is 34.6 Å². The van der Waals surface area contributed by atoms with E-state index in [1.54, 1.807) is 0 Å². The third-order valence-electron chi connectivity index (χ3n) is 7.67. The van der Waals surface area contributed by atoms with Crippen LogP contribution in [-0.2, 0) is 11.2 Å². The Morgan fingerprint density at radius 2 is 1.85 bits per heavy atom. The second-order valence-electron chi connectivity index (χ2n) is 10.7. The first kappa shape index (κ1) is 25.5. The van der Waals surface area contributed by atoms with Crippen molar-refractivity contribution in [1.29, 1.82) is 0 Å². The molecule has 4 N–H and O–H groups in total. The molecule has 0 amide bonds. The smallest absolute Gasteiger partial charge is 0.229 e. The second kappa shape index (κ2) is 10.2. The Balaban J connectivity index is 1.75. The van der Waals surface area contributed by atoms with Crippen molar-refractivity contribution in [2.75, 3.05) is 6.61 Å². The summed E-state index contributed by atoms with van der Waals surface area (Å²) in [5.41, 5.74) is 3.00. The summed E-state index contributed by atoms with van der Waals surface area (Å²) in [6, 6.07) is 4.10. The topological polar surface area (TPSA) is 109 Å². The highest BCUT2D eigenvalue weighted by Crippen LogP contribution is 2.54. The first-order valence-electron chi connectivity index (χ1n) is 12.7. The Hall–Kier alpha value is -1.64. The van der Waals surface area contributed by atoms with Gasteiger partial charge in [-0.3, -0.25) is 0 Å². The SMILES string of the molecule is CCCCCc1cc(O[C@@H]2O[C@H](CO)[C@@H](O)[C@H](O)[C@H]2O)c2c(c1)OC(C)(C)C1CCC(C)=CC21. The Morgan fingerprint density at radius 1 is 1.09 bits per heavy atom. The second-order valence-corrected chi connectivity index (χ2v) is 10.7. The molecule has 0 spiro atoms. The molecule has 1 aromatic rings. The van der Waals surface area contributed by atoms with Gasteiger partial charge in [-0.05, 0) is 64.2 Å². The lowest BCUT2D eigenvalue weighted by Gasteiger charge is -2.47. The largest absolute Gasteiger partial charge is 0.487 e. The van der Waals surface area contributed by atoms with E-state index in [-0.39, 0.29) is 17.4 Å². The summed E-state index contributed by atoms with van der Waals surface area (Å²) in [6.45, 7) is 8.11. The van der Waals surface area contributed by atoms with Crippen molar-refractivity contribution in [3.63, 3.8) is 0 Å². The van der Waals surface area contributed by atoms with Crippen LogP contribution in [-0.4, -0.2) is 63.3 Å². The molecule has 190 valence electrons. The van der Waals surface area contributed by atoms with Gasteiger partial charge in [-0.25, -0.2) is 0 Å². The Kier molecular flexibility index (Phi) is 7.60. The summed E-state index contributed by atoms with van der Waals surface area (Å²) in [5, 5.41) is 40.6. The molecule has 7 atom stereocenters. The molecule has 7 heteroatoms. The lowest BCUT2D eigenvalue weighted by atomic mass is 9.68. The summed E-state index contributed by atoms with van der Waals surface area (Å²) >= 11 is 0. The van der Waals surface area contributed by atoms with Crippen molar-refractivity contribution in [3.05, 3.63) is 34.9 Å². The zero-order valence-electron chi connectivity index (χ0n) is 20.7. The maximum absolute atomic E-state index is 10.6. The summed E-state index contributed by atoms with van der Waals surface area (Å²) < 4.78 is 18.5. The molecule has 2 aliphatic heterocycles. The van der Waals surface area contributed by atoms with Crippen LogP contribution in [0.5, 0.6) is 11.5 Å². The highest BCUT2D eigenvalue weighted by Gasteiger charge is 2.48. The van der Waals surface area contributed by atoms with Crippen molar-refractivity contribution in [2.45, 2.75) is 108 Å². The normalized spacial score (nSPS) is 34.5. The molecule has 0 saturated carbocycles. The number of allylic oxidation sites excluding steroid dienone is 2. The van der Waals surface area contributed by atoms with E-state index in [4.69, 9.17) is 14.2 Å². The van der Waals surface area contributed by atoms with E-state index in [0.29, 0.717) is 5.75 Å². The van der Waals surface area contributed by atoms with Gasteiger partial charge in [0.2, 0.25) is 6.29 Å². The molecule has 2 unspecified atom stereocenters. The highest BCUT2D eigenvalue weighted by atomic mass is 16.7. The van der Waals surface area contributed by atoms with Gasteiger partial charge >= 0.3 is 0 Å². The fourth-order valence-corrected chi connectivity index (χ4v) is 5.67. The monoisotopic (exact) mass is 476 g/mol. The van der Waals surface area contributed by atoms with Crippen LogP contribution in [0.3, 0.4) is 0 Å². The highest BCUT2D eigenvalue weighted by molar-refractivity contribution is 5.54. The van der Waals surface area contributed by atoms with E-state index in [9.17, 15) is 20.4 Å². The van der Waals surface area contributed by atoms with E-state index in [0.717, 1.165) is 55.4 Å². The molecule has 4 rings (SSSR count). The van der Waals surface area contributed by atoms with Gasteiger partial charge in [0.1, 0.15) is 41.5 Å². The molecule has 7 nitrogen and oxygen atoms in total. The minimum absolute atomic E-state index is 0.0945. The maximum atomic E-state index is 10.6. The van der Waals surface area contributed by atoms with Crippen LogP contribution < -0.4 is 9.47 Å². The van der Waals surface area contributed by atoms with Crippen molar-refractivity contribution in [3.8, 4) is 11.5 Å². The van der Waals surface area contributed by atoms with Crippen molar-refractivity contribution in [2.24, 2.45) is 5.92 Å². The number of unbranched alkanes of at least 4 members (excludes halogenated alkanes) is 2. The molecular formula is C27H40O7. The van der Waals surface area contributed by atoms with Crippen LogP contribution in [0.2, 0.25) is 0 Å². The third-order valence-corrected chi connectivity index (χ3v) is 7.67. The zero-order chi connectivity index (χ0) is 24.6. The number of aliphatic hydroxyl groups is 4. The number of fused-ring (bicyclic) bond motifs is 3. The molecule has 1 fully saturated rings. The van der Waals surface area contributed by atoms with Crippen LogP contribution in [0.4, 0.5) is 0 Å². The predicted octanol–water partition coefficient (Wildman–Crippen LogP) is 3.21. The van der Waals surface area contributed by atoms with Gasteiger partial charge < -0.3 is 34.6 Å². The summed E-state index contributed by atoms with van der Waals surface area (Å²) in [4.78, 5) is 0. The molecule has 0 radical (unpaired) electrons. The summed E-state index contributed by atoms with van der Waals surface area (Å²) in [6.07, 6.45) is 1.88. The van der Waals surface area contributed by atoms with Gasteiger partial charge in [0.05, 0.1) is 6.61 Å². The number of hydrogen-bond donors (Lipinski definition) is 4. The van der Waals surface area contributed by atoms with Crippen LogP contribution in [0.15, 0.2) is 23.8 Å². The Morgan fingerprint density at radius 3 is 2.56 bits per heavy atom. The van der Waals surface area contributed by atoms with E-state index in [1.807, 2.05) is 6.07 Å². The molecular weight excluding hydrogens is 436 g/mol. The van der Waals surface area contributed by atoms with Gasteiger partial charge in [-0.2, -0.15) is 0 Å². The minimum atomic E-state index is -1.49. The standard InChI is InChI=1S/C27H40O7/c1-5-6-7-8-16-12-19(32-26-25(31)24(30)23(29)21(14-28)33-26)22-17-11-15(2)9-10-18(17)27(3,4)34-20(22)13-16/h11-13,17-18,21,23-26,28-31H,5-10,14H2,1-4H3/t17?,18?,21-,23-,24+,25-,26-/m1/s1. The molecule has 34 heavy (non-hydrogen) atoms. The first-order valence-corrected chi connectivity index (χ1v) is 12.7. The molecule has 0 aromatic heterocycles. The molecule has 2 heterocycles. The quantitative estimate of drug-likeness (QED) is 0.353. The van der Waals surface area contributed by atoms with Gasteiger partial charge in [-0.1, -0.05) is 31.4 Å². The molecule has 3 aliphatic rings. The summed E-state index contributed by atoms with van der Waals surface area (Å²) in [5.74, 6) is 1.71. The number of aliphatic hydroxyl groups excluding tert-OH is 4. The third kappa shape index (κ3) is 4.86. The van der Waals surface area contributed by atoms with Gasteiger partial charge in [0, 0.05) is 17.4 Å². The molecule has 0 bridgehead atoms. The van der Waals surface area contributed by atoms with Crippen molar-refractivity contribution >= 4 is 0 Å². The van der Waals surface area contributed by atoms with Gasteiger partial charge in [0.15, 0.2) is 0 Å². The lowest BCUT2D eigenvalue weighted by Crippen LogP contribution is -2.60. The zero-order valence-corrected chi connectivity index (χ0v) is 20.7. The summed E-state index contributed by atoms with van der Waals surface area (Å²) in [7, 11) is 0. The fraction of sp³-hybridized carbons (Fsp3) is 0.704. The van der Waals surface area contributed by atoms with E-state index in [2.05, 4.69) is 39.8 Å². The molecule has 1 saturated heterocycles. The first-order chi connectivity index (χ1) is 16.2. The van der Waals surface area contributed by atoms with Crippen LogP contribution >= 0.6 is 0 Å². The Labute approximate surface area is 202 Å². The van der Waals surface area contributed by atoms with Crippen LogP contribution in [0.1, 0.15) is 76.8 Å². The number of aryl methyl sites for hydroxylation is 1.